The number of rotatable bonds is 5. The Bertz CT molecular complexity index is 1330. The maximum atomic E-state index is 13.4. The van der Waals surface area contributed by atoms with E-state index in [4.69, 9.17) is 11.6 Å². The van der Waals surface area contributed by atoms with Crippen molar-refractivity contribution in [3.8, 4) is 16.9 Å². The van der Waals surface area contributed by atoms with Crippen molar-refractivity contribution in [1.29, 1.82) is 0 Å². The van der Waals surface area contributed by atoms with E-state index in [9.17, 15) is 26.4 Å². The molecule has 3 aromatic rings. The van der Waals surface area contributed by atoms with Crippen LogP contribution in [0.15, 0.2) is 54.6 Å². The zero-order chi connectivity index (χ0) is 25.4. The number of carbonyl (C=O) groups is 1. The summed E-state index contributed by atoms with van der Waals surface area (Å²) >= 11 is 6.21. The Labute approximate surface area is 205 Å². The maximum Gasteiger partial charge on any atom is 0.435 e. The quantitative estimate of drug-likeness (QED) is 0.496. The monoisotopic (exact) mass is 526 g/mol. The lowest BCUT2D eigenvalue weighted by atomic mass is 10.1. The number of carbonyl (C=O) groups excluding carboxylic acids is 1. The van der Waals surface area contributed by atoms with E-state index >= 15 is 0 Å². The lowest BCUT2D eigenvalue weighted by Crippen LogP contribution is -2.50. The molecule has 2 aromatic carbocycles. The number of amides is 1. The van der Waals surface area contributed by atoms with Gasteiger partial charge in [0.2, 0.25) is 10.0 Å². The van der Waals surface area contributed by atoms with Gasteiger partial charge in [0.1, 0.15) is 0 Å². The van der Waals surface area contributed by atoms with Gasteiger partial charge in [-0.1, -0.05) is 35.9 Å². The lowest BCUT2D eigenvalue weighted by molar-refractivity contribution is -0.141. The number of aromatic nitrogens is 2. The second kappa shape index (κ2) is 9.63. The minimum absolute atomic E-state index is 0.00321. The molecular formula is C23H22ClF3N4O3S. The van der Waals surface area contributed by atoms with Gasteiger partial charge in [-0.05, 0) is 37.3 Å². The second-order valence-corrected chi connectivity index (χ2v) is 10.6. The van der Waals surface area contributed by atoms with Gasteiger partial charge < -0.3 is 4.90 Å². The highest BCUT2D eigenvalue weighted by Gasteiger charge is 2.35. The van der Waals surface area contributed by atoms with Crippen molar-refractivity contribution in [3.05, 3.63) is 70.9 Å². The SMILES string of the molecule is CCS(=O)(=O)N1CCN(C(=O)c2ccc(-c3cc(C(F)(F)F)nn3-c3ccccc3Cl)cc2)CC1. The molecule has 35 heavy (non-hydrogen) atoms. The summed E-state index contributed by atoms with van der Waals surface area (Å²) in [5.74, 6) is -0.274. The Kier molecular flexibility index (Phi) is 6.94. The van der Waals surface area contributed by atoms with Crippen LogP contribution in [-0.4, -0.2) is 65.2 Å². The summed E-state index contributed by atoms with van der Waals surface area (Å²) in [6.07, 6.45) is -4.65. The normalized spacial score (nSPS) is 15.4. The summed E-state index contributed by atoms with van der Waals surface area (Å²) in [6.45, 7) is 2.53. The van der Waals surface area contributed by atoms with Crippen molar-refractivity contribution in [2.45, 2.75) is 13.1 Å². The van der Waals surface area contributed by atoms with E-state index in [1.54, 1.807) is 48.2 Å². The summed E-state index contributed by atoms with van der Waals surface area (Å²) in [7, 11) is -3.31. The molecule has 2 heterocycles. The fourth-order valence-corrected chi connectivity index (χ4v) is 5.15. The number of nitrogens with zero attached hydrogens (tertiary/aromatic N) is 4. The molecule has 1 amide bonds. The molecule has 1 aliphatic heterocycles. The van der Waals surface area contributed by atoms with Crippen molar-refractivity contribution < 1.29 is 26.4 Å². The van der Waals surface area contributed by atoms with Crippen LogP contribution in [0, 0.1) is 0 Å². The predicted molar refractivity (Wildman–Crippen MR) is 126 cm³/mol. The molecule has 0 atom stereocenters. The predicted octanol–water partition coefficient (Wildman–Crippen LogP) is 4.32. The van der Waals surface area contributed by atoms with Gasteiger partial charge in [-0.2, -0.15) is 22.6 Å². The van der Waals surface area contributed by atoms with E-state index in [-0.39, 0.29) is 48.6 Å². The summed E-state index contributed by atoms with van der Waals surface area (Å²) in [5.41, 5.74) is 0.165. The Hall–Kier alpha value is -2.89. The summed E-state index contributed by atoms with van der Waals surface area (Å²) in [5, 5.41) is 3.97. The third-order valence-electron chi connectivity index (χ3n) is 5.79. The van der Waals surface area contributed by atoms with E-state index in [1.165, 1.54) is 16.4 Å². The number of halogens is 4. The minimum atomic E-state index is -4.65. The van der Waals surface area contributed by atoms with Crippen molar-refractivity contribution >= 4 is 27.5 Å². The Morgan fingerprint density at radius 1 is 1.03 bits per heavy atom. The van der Waals surface area contributed by atoms with Gasteiger partial charge in [-0.25, -0.2) is 13.1 Å². The van der Waals surface area contributed by atoms with Crippen LogP contribution in [0.2, 0.25) is 5.02 Å². The fourth-order valence-electron chi connectivity index (χ4n) is 3.85. The van der Waals surface area contributed by atoms with Crippen LogP contribution < -0.4 is 0 Å². The average molecular weight is 527 g/mol. The summed E-state index contributed by atoms with van der Waals surface area (Å²) < 4.78 is 66.8. The molecule has 0 aliphatic carbocycles. The molecule has 0 N–H and O–H groups in total. The van der Waals surface area contributed by atoms with Crippen LogP contribution in [0.3, 0.4) is 0 Å². The molecule has 0 radical (unpaired) electrons. The number of piperazine rings is 1. The first kappa shape index (κ1) is 25.2. The van der Waals surface area contributed by atoms with E-state index in [1.807, 2.05) is 0 Å². The molecule has 0 unspecified atom stereocenters. The molecule has 7 nitrogen and oxygen atoms in total. The molecule has 12 heteroatoms. The van der Waals surface area contributed by atoms with Crippen molar-refractivity contribution in [2.24, 2.45) is 0 Å². The van der Waals surface area contributed by atoms with Gasteiger partial charge in [0.25, 0.3) is 5.91 Å². The van der Waals surface area contributed by atoms with E-state index in [0.717, 1.165) is 10.7 Å². The summed E-state index contributed by atoms with van der Waals surface area (Å²) in [6, 6.07) is 13.5. The number of benzene rings is 2. The van der Waals surface area contributed by atoms with Crippen molar-refractivity contribution in [3.63, 3.8) is 0 Å². The van der Waals surface area contributed by atoms with E-state index in [0.29, 0.717) is 16.8 Å². The van der Waals surface area contributed by atoms with Gasteiger partial charge in [-0.15, -0.1) is 0 Å². The Morgan fingerprint density at radius 3 is 2.23 bits per heavy atom. The third-order valence-corrected chi connectivity index (χ3v) is 7.99. The lowest BCUT2D eigenvalue weighted by Gasteiger charge is -2.33. The highest BCUT2D eigenvalue weighted by atomic mass is 35.5. The first-order valence-electron chi connectivity index (χ1n) is 10.8. The standard InChI is InChI=1S/C23H22ClF3N4O3S/c1-2-35(33,34)30-13-11-29(12-14-30)22(32)17-9-7-16(8-10-17)20-15-21(23(25,26)27)28-31(20)19-6-4-3-5-18(19)24/h3-10,15H,2,11-14H2,1H3. The fraction of sp³-hybridized carbons (Fsp3) is 0.304. The number of hydrogen-bond donors (Lipinski definition) is 0. The minimum Gasteiger partial charge on any atom is -0.336 e. The number of para-hydroxylation sites is 1. The van der Waals surface area contributed by atoms with Crippen LogP contribution in [0.4, 0.5) is 13.2 Å². The van der Waals surface area contributed by atoms with Crippen molar-refractivity contribution in [2.75, 3.05) is 31.9 Å². The first-order chi connectivity index (χ1) is 16.5. The van der Waals surface area contributed by atoms with E-state index < -0.39 is 21.9 Å². The second-order valence-electron chi connectivity index (χ2n) is 7.94. The molecule has 0 bridgehead atoms. The average Bonchev–Trinajstić information content (AvgIpc) is 3.30. The number of hydrogen-bond acceptors (Lipinski definition) is 4. The molecule has 1 aliphatic rings. The summed E-state index contributed by atoms with van der Waals surface area (Å²) in [4.78, 5) is 14.5. The molecule has 1 saturated heterocycles. The Morgan fingerprint density at radius 2 is 1.66 bits per heavy atom. The zero-order valence-electron chi connectivity index (χ0n) is 18.7. The van der Waals surface area contributed by atoms with Crippen LogP contribution in [0.25, 0.3) is 16.9 Å². The molecule has 0 spiro atoms. The Balaban J connectivity index is 1.59. The zero-order valence-corrected chi connectivity index (χ0v) is 20.2. The molecule has 1 fully saturated rings. The third kappa shape index (κ3) is 5.21. The van der Waals surface area contributed by atoms with Crippen LogP contribution >= 0.6 is 11.6 Å². The van der Waals surface area contributed by atoms with Gasteiger partial charge >= 0.3 is 6.18 Å². The molecule has 1 aromatic heterocycles. The maximum absolute atomic E-state index is 13.4. The van der Waals surface area contributed by atoms with Gasteiger partial charge in [0, 0.05) is 37.3 Å². The van der Waals surface area contributed by atoms with E-state index in [2.05, 4.69) is 5.10 Å². The molecular weight excluding hydrogens is 505 g/mol. The highest BCUT2D eigenvalue weighted by Crippen LogP contribution is 2.34. The van der Waals surface area contributed by atoms with Gasteiger partial charge in [0.15, 0.2) is 5.69 Å². The molecule has 4 rings (SSSR count). The van der Waals surface area contributed by atoms with Crippen molar-refractivity contribution in [1.82, 2.24) is 19.0 Å². The molecule has 0 saturated carbocycles. The van der Waals surface area contributed by atoms with Gasteiger partial charge in [-0.3, -0.25) is 4.79 Å². The smallest absolute Gasteiger partial charge is 0.336 e. The van der Waals surface area contributed by atoms with Crippen LogP contribution in [-0.2, 0) is 16.2 Å². The van der Waals surface area contributed by atoms with Crippen LogP contribution in [0.1, 0.15) is 23.0 Å². The topological polar surface area (TPSA) is 75.5 Å². The first-order valence-corrected chi connectivity index (χ1v) is 12.8. The number of sulfonamides is 1. The van der Waals surface area contributed by atoms with Gasteiger partial charge in [0.05, 0.1) is 22.2 Å². The molecule has 186 valence electrons. The largest absolute Gasteiger partial charge is 0.435 e. The van der Waals surface area contributed by atoms with Crippen LogP contribution in [0.5, 0.6) is 0 Å². The highest BCUT2D eigenvalue weighted by molar-refractivity contribution is 7.89. The number of alkyl halides is 3.